The Morgan fingerprint density at radius 2 is 2.38 bits per heavy atom. The summed E-state index contributed by atoms with van der Waals surface area (Å²) in [5.41, 5.74) is 7.39. The van der Waals surface area contributed by atoms with E-state index in [-0.39, 0.29) is 11.9 Å². The van der Waals surface area contributed by atoms with Gasteiger partial charge in [-0.2, -0.15) is 9.97 Å². The van der Waals surface area contributed by atoms with Gasteiger partial charge in [-0.3, -0.25) is 4.79 Å². The number of nitrogens with zero attached hydrogens (tertiary/aromatic N) is 3. The highest BCUT2D eigenvalue weighted by Gasteiger charge is 2.23. The molecule has 1 aliphatic rings. The Bertz CT molecular complexity index is 777. The zero-order valence-corrected chi connectivity index (χ0v) is 13.7. The Kier molecular flexibility index (Phi) is 4.61. The van der Waals surface area contributed by atoms with Gasteiger partial charge in [-0.1, -0.05) is 6.58 Å². The van der Waals surface area contributed by atoms with E-state index in [1.54, 1.807) is 6.07 Å². The predicted molar refractivity (Wildman–Crippen MR) is 94.3 cm³/mol. The number of fused-ring (bicyclic) bond motifs is 1. The maximum absolute atomic E-state index is 11.5. The van der Waals surface area contributed by atoms with Crippen LogP contribution in [0.1, 0.15) is 13.3 Å². The van der Waals surface area contributed by atoms with E-state index in [4.69, 9.17) is 10.5 Å². The molecule has 0 radical (unpaired) electrons. The van der Waals surface area contributed by atoms with Crippen molar-refractivity contribution in [2.24, 2.45) is 5.73 Å². The van der Waals surface area contributed by atoms with Crippen molar-refractivity contribution in [3.63, 3.8) is 0 Å². The summed E-state index contributed by atoms with van der Waals surface area (Å²) < 4.78 is 5.50. The van der Waals surface area contributed by atoms with Crippen molar-refractivity contribution in [1.29, 1.82) is 0 Å². The Balaban J connectivity index is 2.05. The van der Waals surface area contributed by atoms with Crippen LogP contribution in [0.4, 0.5) is 11.5 Å². The van der Waals surface area contributed by atoms with Crippen molar-refractivity contribution in [2.75, 3.05) is 29.9 Å². The Morgan fingerprint density at radius 1 is 1.54 bits per heavy atom. The van der Waals surface area contributed by atoms with Gasteiger partial charge in [-0.25, -0.2) is 0 Å². The minimum atomic E-state index is -0.265. The van der Waals surface area contributed by atoms with Crippen LogP contribution in [-0.2, 0) is 4.79 Å². The molecule has 24 heavy (non-hydrogen) atoms. The first kappa shape index (κ1) is 16.2. The second kappa shape index (κ2) is 6.84. The molecule has 2 aromatic rings. The lowest BCUT2D eigenvalue weighted by molar-refractivity contribution is -0.111. The first-order valence-corrected chi connectivity index (χ1v) is 7.99. The summed E-state index contributed by atoms with van der Waals surface area (Å²) in [7, 11) is 0. The smallest absolute Gasteiger partial charge is 0.318 e. The Labute approximate surface area is 140 Å². The highest BCUT2D eigenvalue weighted by Crippen LogP contribution is 2.30. The van der Waals surface area contributed by atoms with Gasteiger partial charge in [0.2, 0.25) is 5.91 Å². The number of ether oxygens (including phenoxy) is 1. The fourth-order valence-corrected chi connectivity index (χ4v) is 2.78. The van der Waals surface area contributed by atoms with Crippen LogP contribution in [0.3, 0.4) is 0 Å². The van der Waals surface area contributed by atoms with Crippen LogP contribution in [-0.4, -0.2) is 41.6 Å². The lowest BCUT2D eigenvalue weighted by atomic mass is 10.2. The average Bonchev–Trinajstić information content (AvgIpc) is 3.00. The molecule has 1 saturated heterocycles. The quantitative estimate of drug-likeness (QED) is 0.812. The minimum absolute atomic E-state index is 0.150. The van der Waals surface area contributed by atoms with E-state index in [0.717, 1.165) is 30.7 Å². The molecule has 2 heterocycles. The first-order chi connectivity index (χ1) is 11.6. The van der Waals surface area contributed by atoms with Gasteiger partial charge in [0, 0.05) is 30.2 Å². The summed E-state index contributed by atoms with van der Waals surface area (Å²) in [5, 5.41) is 3.65. The monoisotopic (exact) mass is 327 g/mol. The molecule has 1 aromatic carbocycles. The summed E-state index contributed by atoms with van der Waals surface area (Å²) in [4.78, 5) is 22.6. The Morgan fingerprint density at radius 3 is 3.04 bits per heavy atom. The number of benzene rings is 1. The molecule has 0 saturated carbocycles. The summed E-state index contributed by atoms with van der Waals surface area (Å²) >= 11 is 0. The molecule has 7 nitrogen and oxygen atoms in total. The molecule has 0 aliphatic carbocycles. The highest BCUT2D eigenvalue weighted by molar-refractivity contribution is 6.01. The Hall–Kier alpha value is -2.67. The number of carbonyl (C=O) groups excluding carboxylic acids is 1. The van der Waals surface area contributed by atoms with E-state index in [1.807, 2.05) is 19.1 Å². The lowest BCUT2D eigenvalue weighted by Crippen LogP contribution is -2.27. The van der Waals surface area contributed by atoms with Gasteiger partial charge in [0.15, 0.2) is 0 Å². The number of nitrogens with two attached hydrogens (primary N) is 1. The highest BCUT2D eigenvalue weighted by atomic mass is 16.5. The molecule has 0 bridgehead atoms. The number of anilines is 2. The zero-order chi connectivity index (χ0) is 17.1. The van der Waals surface area contributed by atoms with Crippen molar-refractivity contribution in [3.05, 3.63) is 30.9 Å². The number of rotatable bonds is 5. The van der Waals surface area contributed by atoms with Crippen LogP contribution in [0.2, 0.25) is 0 Å². The van der Waals surface area contributed by atoms with Gasteiger partial charge in [0.1, 0.15) is 5.82 Å². The standard InChI is InChI=1S/C17H21N5O2/c1-3-15(23)19-12-5-6-13-14(9-12)20-17(24-4-2)21-16(13)22-8-7-11(18)10-22/h3,5-6,9,11H,1,4,7-8,10,18H2,2H3,(H,19,23)/t11-/m1/s1. The molecule has 3 N–H and O–H groups in total. The number of hydrogen-bond donors (Lipinski definition) is 2. The van der Waals surface area contributed by atoms with Crippen molar-refractivity contribution in [3.8, 4) is 6.01 Å². The summed E-state index contributed by atoms with van der Waals surface area (Å²) in [6.07, 6.45) is 2.16. The zero-order valence-electron chi connectivity index (χ0n) is 13.7. The van der Waals surface area contributed by atoms with Gasteiger partial charge in [-0.05, 0) is 37.6 Å². The van der Waals surface area contributed by atoms with E-state index in [1.165, 1.54) is 6.08 Å². The van der Waals surface area contributed by atoms with Gasteiger partial charge < -0.3 is 20.7 Å². The number of aromatic nitrogens is 2. The minimum Gasteiger partial charge on any atom is -0.464 e. The second-order valence-corrected chi connectivity index (χ2v) is 5.68. The first-order valence-electron chi connectivity index (χ1n) is 7.99. The van der Waals surface area contributed by atoms with Crippen molar-refractivity contribution < 1.29 is 9.53 Å². The van der Waals surface area contributed by atoms with Crippen molar-refractivity contribution >= 4 is 28.3 Å². The molecule has 1 aromatic heterocycles. The van der Waals surface area contributed by atoms with E-state index in [2.05, 4.69) is 26.8 Å². The summed E-state index contributed by atoms with van der Waals surface area (Å²) in [6.45, 7) is 7.44. The third kappa shape index (κ3) is 3.30. The van der Waals surface area contributed by atoms with E-state index >= 15 is 0 Å². The van der Waals surface area contributed by atoms with Gasteiger partial charge in [0.05, 0.1) is 12.1 Å². The molecule has 3 rings (SSSR count). The number of carbonyl (C=O) groups is 1. The van der Waals surface area contributed by atoms with Crippen molar-refractivity contribution in [1.82, 2.24) is 9.97 Å². The van der Waals surface area contributed by atoms with Crippen LogP contribution in [0, 0.1) is 0 Å². The molecular weight excluding hydrogens is 306 g/mol. The molecule has 1 aliphatic heterocycles. The number of amides is 1. The number of nitrogens with one attached hydrogen (secondary N) is 1. The van der Waals surface area contributed by atoms with Crippen molar-refractivity contribution in [2.45, 2.75) is 19.4 Å². The molecular formula is C17H21N5O2. The van der Waals surface area contributed by atoms with Crippen LogP contribution < -0.4 is 20.7 Å². The summed E-state index contributed by atoms with van der Waals surface area (Å²) in [6, 6.07) is 6.01. The van der Waals surface area contributed by atoms with E-state index in [9.17, 15) is 4.79 Å². The van der Waals surface area contributed by atoms with Gasteiger partial charge >= 0.3 is 6.01 Å². The van der Waals surface area contributed by atoms with Gasteiger partial charge in [0.25, 0.3) is 0 Å². The van der Waals surface area contributed by atoms with Gasteiger partial charge in [-0.15, -0.1) is 0 Å². The predicted octanol–water partition coefficient (Wildman–Crippen LogP) is 1.69. The SMILES string of the molecule is C=CC(=O)Nc1ccc2c(N3CC[C@@H](N)C3)nc(OCC)nc2c1. The fourth-order valence-electron chi connectivity index (χ4n) is 2.78. The molecule has 1 fully saturated rings. The molecule has 0 spiro atoms. The largest absolute Gasteiger partial charge is 0.464 e. The second-order valence-electron chi connectivity index (χ2n) is 5.68. The molecule has 0 unspecified atom stereocenters. The van der Waals surface area contributed by atoms with Crippen LogP contribution in [0.15, 0.2) is 30.9 Å². The third-order valence-corrected chi connectivity index (χ3v) is 3.91. The number of hydrogen-bond acceptors (Lipinski definition) is 6. The fraction of sp³-hybridized carbons (Fsp3) is 0.353. The van der Waals surface area contributed by atoms with Crippen LogP contribution in [0.25, 0.3) is 10.9 Å². The third-order valence-electron chi connectivity index (χ3n) is 3.91. The van der Waals surface area contributed by atoms with Crippen LogP contribution >= 0.6 is 0 Å². The average molecular weight is 327 g/mol. The molecule has 126 valence electrons. The molecule has 1 amide bonds. The maximum atomic E-state index is 11.5. The molecule has 7 heteroatoms. The van der Waals surface area contributed by atoms with E-state index in [0.29, 0.717) is 23.8 Å². The van der Waals surface area contributed by atoms with E-state index < -0.39 is 0 Å². The topological polar surface area (TPSA) is 93.4 Å². The molecule has 1 atom stereocenters. The van der Waals surface area contributed by atoms with Crippen LogP contribution in [0.5, 0.6) is 6.01 Å². The lowest BCUT2D eigenvalue weighted by Gasteiger charge is -2.19. The maximum Gasteiger partial charge on any atom is 0.318 e. The summed E-state index contributed by atoms with van der Waals surface area (Å²) in [5.74, 6) is 0.553. The normalized spacial score (nSPS) is 17.1.